The number of rotatable bonds is 5. The van der Waals surface area contributed by atoms with E-state index in [1.54, 1.807) is 0 Å². The van der Waals surface area contributed by atoms with Crippen LogP contribution in [0.15, 0.2) is 24.3 Å². The molecule has 2 heteroatoms. The summed E-state index contributed by atoms with van der Waals surface area (Å²) >= 11 is 0. The highest BCUT2D eigenvalue weighted by molar-refractivity contribution is 5.84. The molecule has 1 aromatic carbocycles. The van der Waals surface area contributed by atoms with E-state index in [-0.39, 0.29) is 0 Å². The van der Waals surface area contributed by atoms with Gasteiger partial charge in [-0.25, -0.2) is 0 Å². The molecule has 0 unspecified atom stereocenters. The van der Waals surface area contributed by atoms with E-state index in [9.17, 15) is 9.90 Å². The quantitative estimate of drug-likeness (QED) is 0.845. The van der Waals surface area contributed by atoms with E-state index in [1.165, 1.54) is 5.56 Å². The maximum absolute atomic E-state index is 11.3. The molecule has 1 N–H and O–H groups in total. The van der Waals surface area contributed by atoms with Crippen LogP contribution >= 0.6 is 0 Å². The molecule has 2 rings (SSSR count). The van der Waals surface area contributed by atoms with E-state index in [1.807, 2.05) is 12.1 Å². The van der Waals surface area contributed by atoms with Gasteiger partial charge in [0, 0.05) is 0 Å². The number of hydrogen-bond donors (Lipinski definition) is 1. The first-order chi connectivity index (χ1) is 8.04. The second-order valence-corrected chi connectivity index (χ2v) is 5.52. The summed E-state index contributed by atoms with van der Waals surface area (Å²) in [6.07, 6.45) is 3.77. The largest absolute Gasteiger partial charge is 0.481 e. The first-order valence-electron chi connectivity index (χ1n) is 6.37. The van der Waals surface area contributed by atoms with Gasteiger partial charge in [-0.15, -0.1) is 0 Å². The van der Waals surface area contributed by atoms with Gasteiger partial charge in [0.05, 0.1) is 5.41 Å². The molecule has 0 heterocycles. The van der Waals surface area contributed by atoms with Crippen LogP contribution in [0, 0.1) is 5.92 Å². The minimum Gasteiger partial charge on any atom is -0.481 e. The Hall–Kier alpha value is -1.31. The lowest BCUT2D eigenvalue weighted by Crippen LogP contribution is -2.19. The standard InChI is InChI=1S/C15H20O2/c1-11(2)6-7-12-4-3-5-13(10-12)15(8-9-15)14(16)17/h3-5,10-11H,6-9H2,1-2H3,(H,16,17). The van der Waals surface area contributed by atoms with Crippen LogP contribution in [0.4, 0.5) is 0 Å². The molecule has 0 bridgehead atoms. The summed E-state index contributed by atoms with van der Waals surface area (Å²) in [6.45, 7) is 4.42. The lowest BCUT2D eigenvalue weighted by molar-refractivity contribution is -0.140. The normalized spacial score (nSPS) is 17.1. The smallest absolute Gasteiger partial charge is 0.314 e. The first-order valence-corrected chi connectivity index (χ1v) is 6.37. The summed E-state index contributed by atoms with van der Waals surface area (Å²) in [4.78, 5) is 11.3. The minimum absolute atomic E-state index is 0.562. The van der Waals surface area contributed by atoms with Crippen molar-refractivity contribution in [2.75, 3.05) is 0 Å². The zero-order chi connectivity index (χ0) is 12.5. The van der Waals surface area contributed by atoms with Crippen LogP contribution in [0.5, 0.6) is 0 Å². The van der Waals surface area contributed by atoms with Gasteiger partial charge in [0.25, 0.3) is 0 Å². The Kier molecular flexibility index (Phi) is 3.23. The average Bonchev–Trinajstić information content (AvgIpc) is 3.08. The molecule has 1 aliphatic rings. The lowest BCUT2D eigenvalue weighted by atomic mass is 9.93. The fraction of sp³-hybridized carbons (Fsp3) is 0.533. The van der Waals surface area contributed by atoms with Crippen LogP contribution in [0.25, 0.3) is 0 Å². The maximum atomic E-state index is 11.3. The first kappa shape index (κ1) is 12.2. The molecule has 0 aliphatic heterocycles. The molecule has 0 saturated heterocycles. The van der Waals surface area contributed by atoms with Gasteiger partial charge >= 0.3 is 5.97 Å². The van der Waals surface area contributed by atoms with Crippen LogP contribution in [-0.2, 0) is 16.6 Å². The molecule has 0 aromatic heterocycles. The molecule has 2 nitrogen and oxygen atoms in total. The second-order valence-electron chi connectivity index (χ2n) is 5.52. The molecule has 0 atom stereocenters. The summed E-state index contributed by atoms with van der Waals surface area (Å²) < 4.78 is 0. The Morgan fingerprint density at radius 3 is 2.65 bits per heavy atom. The molecule has 0 spiro atoms. The van der Waals surface area contributed by atoms with Gasteiger partial charge in [-0.05, 0) is 42.7 Å². The fourth-order valence-corrected chi connectivity index (χ4v) is 2.23. The van der Waals surface area contributed by atoms with Gasteiger partial charge in [-0.3, -0.25) is 4.79 Å². The van der Waals surface area contributed by atoms with E-state index in [0.29, 0.717) is 5.92 Å². The van der Waals surface area contributed by atoms with E-state index < -0.39 is 11.4 Å². The highest BCUT2D eigenvalue weighted by Crippen LogP contribution is 2.48. The molecule has 0 radical (unpaired) electrons. The second kappa shape index (κ2) is 4.52. The summed E-state index contributed by atoms with van der Waals surface area (Å²) in [7, 11) is 0. The van der Waals surface area contributed by atoms with E-state index >= 15 is 0 Å². The Balaban J connectivity index is 2.15. The molecule has 0 amide bonds. The van der Waals surface area contributed by atoms with Crippen LogP contribution in [-0.4, -0.2) is 11.1 Å². The molecular formula is C15H20O2. The monoisotopic (exact) mass is 232 g/mol. The molecule has 92 valence electrons. The van der Waals surface area contributed by atoms with Crippen LogP contribution in [0.3, 0.4) is 0 Å². The third-order valence-electron chi connectivity index (χ3n) is 3.65. The van der Waals surface area contributed by atoms with Crippen LogP contribution in [0.1, 0.15) is 44.2 Å². The molecule has 1 saturated carbocycles. The van der Waals surface area contributed by atoms with Crippen molar-refractivity contribution in [3.8, 4) is 0 Å². The van der Waals surface area contributed by atoms with Crippen molar-refractivity contribution in [2.45, 2.75) is 44.9 Å². The topological polar surface area (TPSA) is 37.3 Å². The van der Waals surface area contributed by atoms with Gasteiger partial charge in [-0.1, -0.05) is 38.1 Å². The summed E-state index contributed by atoms with van der Waals surface area (Å²) in [5.41, 5.74) is 1.70. The predicted molar refractivity (Wildman–Crippen MR) is 68.1 cm³/mol. The van der Waals surface area contributed by atoms with E-state index in [4.69, 9.17) is 0 Å². The summed E-state index contributed by atoms with van der Waals surface area (Å²) in [6, 6.07) is 8.14. The number of benzene rings is 1. The highest BCUT2D eigenvalue weighted by atomic mass is 16.4. The SMILES string of the molecule is CC(C)CCc1cccc(C2(C(=O)O)CC2)c1. The molecule has 17 heavy (non-hydrogen) atoms. The van der Waals surface area contributed by atoms with Gasteiger partial charge in [0.2, 0.25) is 0 Å². The molecular weight excluding hydrogens is 212 g/mol. The van der Waals surface area contributed by atoms with Crippen molar-refractivity contribution < 1.29 is 9.90 Å². The van der Waals surface area contributed by atoms with Crippen molar-refractivity contribution in [3.05, 3.63) is 35.4 Å². The zero-order valence-electron chi connectivity index (χ0n) is 10.6. The third-order valence-corrected chi connectivity index (χ3v) is 3.65. The highest BCUT2D eigenvalue weighted by Gasteiger charge is 2.51. The van der Waals surface area contributed by atoms with E-state index in [0.717, 1.165) is 31.2 Å². The van der Waals surface area contributed by atoms with Gasteiger partial charge in [-0.2, -0.15) is 0 Å². The Bertz CT molecular complexity index is 417. The molecule has 1 aliphatic carbocycles. The average molecular weight is 232 g/mol. The Morgan fingerprint density at radius 1 is 1.41 bits per heavy atom. The number of carboxylic acids is 1. The summed E-state index contributed by atoms with van der Waals surface area (Å²) in [5, 5.41) is 9.27. The van der Waals surface area contributed by atoms with Crippen LogP contribution in [0.2, 0.25) is 0 Å². The van der Waals surface area contributed by atoms with Crippen molar-refractivity contribution in [1.29, 1.82) is 0 Å². The lowest BCUT2D eigenvalue weighted by Gasteiger charge is -2.12. The Labute approximate surface area is 103 Å². The number of aliphatic carboxylic acids is 1. The molecule has 1 aromatic rings. The third kappa shape index (κ3) is 2.51. The number of hydrogen-bond acceptors (Lipinski definition) is 1. The maximum Gasteiger partial charge on any atom is 0.314 e. The predicted octanol–water partition coefficient (Wildman–Crippen LogP) is 3.39. The van der Waals surface area contributed by atoms with E-state index in [2.05, 4.69) is 26.0 Å². The minimum atomic E-state index is -0.668. The zero-order valence-corrected chi connectivity index (χ0v) is 10.6. The van der Waals surface area contributed by atoms with Crippen molar-refractivity contribution in [3.63, 3.8) is 0 Å². The van der Waals surface area contributed by atoms with Gasteiger partial charge in [0.15, 0.2) is 0 Å². The van der Waals surface area contributed by atoms with Crippen LogP contribution < -0.4 is 0 Å². The number of carbonyl (C=O) groups is 1. The van der Waals surface area contributed by atoms with Gasteiger partial charge in [0.1, 0.15) is 0 Å². The van der Waals surface area contributed by atoms with Crippen molar-refractivity contribution in [2.24, 2.45) is 5.92 Å². The molecule has 1 fully saturated rings. The van der Waals surface area contributed by atoms with Crippen molar-refractivity contribution in [1.82, 2.24) is 0 Å². The Morgan fingerprint density at radius 2 is 2.12 bits per heavy atom. The summed E-state index contributed by atoms with van der Waals surface area (Å²) in [5.74, 6) is 0.0199. The number of carboxylic acid groups (broad SMARTS) is 1. The number of aryl methyl sites for hydroxylation is 1. The van der Waals surface area contributed by atoms with Gasteiger partial charge < -0.3 is 5.11 Å². The fourth-order valence-electron chi connectivity index (χ4n) is 2.23. The van der Waals surface area contributed by atoms with Crippen molar-refractivity contribution >= 4 is 5.97 Å².